The summed E-state index contributed by atoms with van der Waals surface area (Å²) in [6.45, 7) is 4.40. The average molecular weight is 280 g/mol. The molecule has 0 spiro atoms. The van der Waals surface area contributed by atoms with Crippen molar-refractivity contribution >= 4 is 16.2 Å². The first-order chi connectivity index (χ1) is 8.39. The van der Waals surface area contributed by atoms with Crippen molar-refractivity contribution in [2.75, 3.05) is 33.8 Å². The normalized spacial score (nSPS) is 12.1. The molecule has 0 aromatic carbocycles. The molecule has 0 N–H and O–H groups in total. The SMILES string of the molecule is CCCCN(C)S(=O)(=O)N(CCC)CC(=O)OC. The summed E-state index contributed by atoms with van der Waals surface area (Å²) in [5, 5.41) is 0. The van der Waals surface area contributed by atoms with Crippen LogP contribution in [0.4, 0.5) is 0 Å². The first-order valence-electron chi connectivity index (χ1n) is 6.18. The van der Waals surface area contributed by atoms with Crippen LogP contribution in [0.5, 0.6) is 0 Å². The van der Waals surface area contributed by atoms with Gasteiger partial charge in [0.15, 0.2) is 0 Å². The van der Waals surface area contributed by atoms with Crippen LogP contribution in [0.2, 0.25) is 0 Å². The maximum atomic E-state index is 12.2. The summed E-state index contributed by atoms with van der Waals surface area (Å²) in [6.07, 6.45) is 2.37. The Labute approximate surface area is 110 Å². The van der Waals surface area contributed by atoms with Crippen LogP contribution in [-0.2, 0) is 19.7 Å². The number of carbonyl (C=O) groups excluding carboxylic acids is 1. The maximum absolute atomic E-state index is 12.2. The summed E-state index contributed by atoms with van der Waals surface area (Å²) in [7, 11) is -0.792. The standard InChI is InChI=1S/C11H24N2O4S/c1-5-7-9-12(3)18(15,16)13(8-6-2)10-11(14)17-4/h5-10H2,1-4H3. The smallest absolute Gasteiger partial charge is 0.321 e. The summed E-state index contributed by atoms with van der Waals surface area (Å²) >= 11 is 0. The van der Waals surface area contributed by atoms with E-state index >= 15 is 0 Å². The largest absolute Gasteiger partial charge is 0.468 e. The molecule has 0 amide bonds. The molecule has 0 aliphatic heterocycles. The predicted octanol–water partition coefficient (Wildman–Crippen LogP) is 0.848. The van der Waals surface area contributed by atoms with Crippen molar-refractivity contribution in [2.45, 2.75) is 33.1 Å². The Morgan fingerprint density at radius 3 is 2.22 bits per heavy atom. The number of hydrogen-bond acceptors (Lipinski definition) is 4. The lowest BCUT2D eigenvalue weighted by molar-refractivity contribution is -0.140. The van der Waals surface area contributed by atoms with Crippen LogP contribution >= 0.6 is 0 Å². The van der Waals surface area contributed by atoms with E-state index < -0.39 is 16.2 Å². The molecule has 18 heavy (non-hydrogen) atoms. The number of unbranched alkanes of at least 4 members (excludes halogenated alkanes) is 1. The molecule has 0 aromatic rings. The first kappa shape index (κ1) is 17.3. The first-order valence-corrected chi connectivity index (χ1v) is 7.58. The van der Waals surface area contributed by atoms with Gasteiger partial charge in [-0.1, -0.05) is 20.3 Å². The lowest BCUT2D eigenvalue weighted by atomic mass is 10.3. The van der Waals surface area contributed by atoms with Crippen molar-refractivity contribution in [1.82, 2.24) is 8.61 Å². The molecule has 0 unspecified atom stereocenters. The van der Waals surface area contributed by atoms with Crippen LogP contribution in [0.25, 0.3) is 0 Å². The molecule has 7 heteroatoms. The summed E-state index contributed by atoms with van der Waals surface area (Å²) in [6, 6.07) is 0. The van der Waals surface area contributed by atoms with E-state index in [1.807, 2.05) is 13.8 Å². The van der Waals surface area contributed by atoms with Crippen LogP contribution < -0.4 is 0 Å². The molecule has 0 aliphatic carbocycles. The van der Waals surface area contributed by atoms with E-state index in [0.29, 0.717) is 19.5 Å². The fourth-order valence-electron chi connectivity index (χ4n) is 1.43. The molecule has 0 saturated heterocycles. The van der Waals surface area contributed by atoms with Gasteiger partial charge in [0.25, 0.3) is 10.2 Å². The van der Waals surface area contributed by atoms with E-state index in [2.05, 4.69) is 4.74 Å². The predicted molar refractivity (Wildman–Crippen MR) is 70.3 cm³/mol. The average Bonchev–Trinajstić information content (AvgIpc) is 2.34. The van der Waals surface area contributed by atoms with Gasteiger partial charge < -0.3 is 4.74 Å². The van der Waals surface area contributed by atoms with Gasteiger partial charge in [0.2, 0.25) is 0 Å². The molecule has 0 aliphatic rings. The Morgan fingerprint density at radius 1 is 1.17 bits per heavy atom. The number of ether oxygens (including phenoxy) is 1. The third kappa shape index (κ3) is 5.32. The van der Waals surface area contributed by atoms with Crippen LogP contribution in [0.15, 0.2) is 0 Å². The highest BCUT2D eigenvalue weighted by Gasteiger charge is 2.27. The minimum atomic E-state index is -3.57. The minimum absolute atomic E-state index is 0.233. The molecule has 0 fully saturated rings. The van der Waals surface area contributed by atoms with Crippen molar-refractivity contribution in [3.63, 3.8) is 0 Å². The molecule has 0 aromatic heterocycles. The summed E-state index contributed by atoms with van der Waals surface area (Å²) in [5.41, 5.74) is 0. The van der Waals surface area contributed by atoms with Gasteiger partial charge in [-0.25, -0.2) is 0 Å². The maximum Gasteiger partial charge on any atom is 0.321 e. The zero-order chi connectivity index (χ0) is 14.2. The molecule has 108 valence electrons. The Balaban J connectivity index is 4.79. The number of nitrogens with zero attached hydrogens (tertiary/aromatic N) is 2. The lowest BCUT2D eigenvalue weighted by Gasteiger charge is -2.26. The van der Waals surface area contributed by atoms with Crippen molar-refractivity contribution in [1.29, 1.82) is 0 Å². The van der Waals surface area contributed by atoms with Gasteiger partial charge in [-0.3, -0.25) is 4.79 Å². The Morgan fingerprint density at radius 2 is 1.78 bits per heavy atom. The summed E-state index contributed by atoms with van der Waals surface area (Å²) in [4.78, 5) is 11.2. The third-order valence-corrected chi connectivity index (χ3v) is 4.49. The van der Waals surface area contributed by atoms with Gasteiger partial charge in [-0.05, 0) is 12.8 Å². The van der Waals surface area contributed by atoms with Crippen LogP contribution in [0.3, 0.4) is 0 Å². The van der Waals surface area contributed by atoms with Crippen LogP contribution in [-0.4, -0.2) is 56.8 Å². The molecule has 0 atom stereocenters. The van der Waals surface area contributed by atoms with E-state index in [4.69, 9.17) is 0 Å². The summed E-state index contributed by atoms with van der Waals surface area (Å²) < 4.78 is 31.4. The number of hydrogen-bond donors (Lipinski definition) is 0. The molecular weight excluding hydrogens is 256 g/mol. The van der Waals surface area contributed by atoms with Gasteiger partial charge in [0, 0.05) is 20.1 Å². The number of esters is 1. The molecular formula is C11H24N2O4S. The van der Waals surface area contributed by atoms with E-state index in [-0.39, 0.29) is 6.54 Å². The van der Waals surface area contributed by atoms with E-state index in [1.165, 1.54) is 18.5 Å². The fourth-order valence-corrected chi connectivity index (χ4v) is 2.86. The van der Waals surface area contributed by atoms with Crippen molar-refractivity contribution < 1.29 is 17.9 Å². The van der Waals surface area contributed by atoms with Gasteiger partial charge in [0.05, 0.1) is 7.11 Å². The number of rotatable bonds is 9. The van der Waals surface area contributed by atoms with E-state index in [1.54, 1.807) is 0 Å². The highest BCUT2D eigenvalue weighted by Crippen LogP contribution is 2.08. The highest BCUT2D eigenvalue weighted by atomic mass is 32.2. The van der Waals surface area contributed by atoms with Gasteiger partial charge in [-0.2, -0.15) is 17.0 Å². The third-order valence-electron chi connectivity index (χ3n) is 2.55. The van der Waals surface area contributed by atoms with Crippen molar-refractivity contribution in [3.05, 3.63) is 0 Å². The zero-order valence-corrected chi connectivity index (χ0v) is 12.5. The van der Waals surface area contributed by atoms with Crippen LogP contribution in [0.1, 0.15) is 33.1 Å². The second kappa shape index (κ2) is 8.44. The van der Waals surface area contributed by atoms with Gasteiger partial charge in [0.1, 0.15) is 6.54 Å². The van der Waals surface area contributed by atoms with E-state index in [0.717, 1.165) is 17.1 Å². The number of carbonyl (C=O) groups is 1. The lowest BCUT2D eigenvalue weighted by Crippen LogP contribution is -2.45. The molecule has 6 nitrogen and oxygen atoms in total. The molecule has 0 saturated carbocycles. The topological polar surface area (TPSA) is 66.9 Å². The second-order valence-corrected chi connectivity index (χ2v) is 6.13. The Bertz CT molecular complexity index is 343. The molecule has 0 radical (unpaired) electrons. The molecule has 0 heterocycles. The summed E-state index contributed by atoms with van der Waals surface area (Å²) in [5.74, 6) is -0.545. The number of methoxy groups -OCH3 is 1. The monoisotopic (exact) mass is 280 g/mol. The van der Waals surface area contributed by atoms with Gasteiger partial charge in [-0.15, -0.1) is 0 Å². The van der Waals surface area contributed by atoms with Crippen LogP contribution in [0, 0.1) is 0 Å². The minimum Gasteiger partial charge on any atom is -0.468 e. The second-order valence-electron chi connectivity index (χ2n) is 4.09. The zero-order valence-electron chi connectivity index (χ0n) is 11.7. The van der Waals surface area contributed by atoms with Crippen molar-refractivity contribution in [3.8, 4) is 0 Å². The van der Waals surface area contributed by atoms with E-state index in [9.17, 15) is 13.2 Å². The highest BCUT2D eigenvalue weighted by molar-refractivity contribution is 7.86. The van der Waals surface area contributed by atoms with Gasteiger partial charge >= 0.3 is 5.97 Å². The Kier molecular flexibility index (Phi) is 8.13. The molecule has 0 rings (SSSR count). The molecule has 0 bridgehead atoms. The fraction of sp³-hybridized carbons (Fsp3) is 0.909. The van der Waals surface area contributed by atoms with Crippen molar-refractivity contribution in [2.24, 2.45) is 0 Å². The quantitative estimate of drug-likeness (QED) is 0.587. The Hall–Kier alpha value is -0.660.